The van der Waals surface area contributed by atoms with E-state index in [4.69, 9.17) is 16.3 Å². The largest absolute Gasteiger partial charge is 0.368 e. The van der Waals surface area contributed by atoms with Crippen molar-refractivity contribution in [2.45, 2.75) is 25.2 Å². The molecule has 2 atom stereocenters. The topological polar surface area (TPSA) is 15.8 Å². The third kappa shape index (κ3) is 2.17. The molecule has 2 aliphatic heterocycles. The Morgan fingerprint density at radius 2 is 2.33 bits per heavy atom. The van der Waals surface area contributed by atoms with E-state index in [1.165, 1.54) is 12.0 Å². The van der Waals surface area contributed by atoms with E-state index < -0.39 is 0 Å². The normalized spacial score (nSPS) is 29.9. The third-order valence-corrected chi connectivity index (χ3v) is 3.39. The molecule has 1 aromatic rings. The second-order valence-electron chi connectivity index (χ2n) is 4.37. The average molecular weight is 224 g/mol. The lowest BCUT2D eigenvalue weighted by atomic mass is 10.1. The van der Waals surface area contributed by atoms with Crippen LogP contribution < -0.4 is 0 Å². The van der Waals surface area contributed by atoms with Crippen molar-refractivity contribution in [1.29, 1.82) is 0 Å². The maximum absolute atomic E-state index is 5.96. The molecule has 2 heterocycles. The fraction of sp³-hybridized carbons (Fsp3) is 0.500. The first-order chi connectivity index (χ1) is 7.31. The molecule has 2 saturated heterocycles. The molecule has 0 radical (unpaired) electrons. The van der Waals surface area contributed by atoms with Crippen LogP contribution >= 0.6 is 11.6 Å². The first kappa shape index (κ1) is 9.64. The van der Waals surface area contributed by atoms with Crippen molar-refractivity contribution >= 4 is 11.6 Å². The van der Waals surface area contributed by atoms with Gasteiger partial charge in [-0.05, 0) is 24.1 Å². The summed E-state index contributed by atoms with van der Waals surface area (Å²) in [6.45, 7) is 3.22. The highest BCUT2D eigenvalue weighted by atomic mass is 35.5. The second-order valence-corrected chi connectivity index (χ2v) is 4.80. The minimum atomic E-state index is 0.512. The predicted octanol–water partition coefficient (Wildman–Crippen LogP) is 2.31. The molecule has 0 bridgehead atoms. The molecule has 0 amide bonds. The lowest BCUT2D eigenvalue weighted by molar-refractivity contribution is 0.237. The lowest BCUT2D eigenvalue weighted by Crippen LogP contribution is -2.33. The number of piperidine rings is 1. The Labute approximate surface area is 94.8 Å². The SMILES string of the molecule is Clc1cccc(CN2CC[C@H]3O[C@H]3C2)c1. The van der Waals surface area contributed by atoms with Crippen LogP contribution in [0.25, 0.3) is 0 Å². The molecule has 0 saturated carbocycles. The zero-order valence-electron chi connectivity index (χ0n) is 8.53. The van der Waals surface area contributed by atoms with E-state index in [0.29, 0.717) is 12.2 Å². The predicted molar refractivity (Wildman–Crippen MR) is 60.0 cm³/mol. The summed E-state index contributed by atoms with van der Waals surface area (Å²) in [7, 11) is 0. The number of nitrogens with zero attached hydrogens (tertiary/aromatic N) is 1. The van der Waals surface area contributed by atoms with E-state index in [2.05, 4.69) is 11.0 Å². The number of hydrogen-bond donors (Lipinski definition) is 0. The van der Waals surface area contributed by atoms with Crippen LogP contribution in [0, 0.1) is 0 Å². The summed E-state index contributed by atoms with van der Waals surface area (Å²) in [5, 5.41) is 0.824. The monoisotopic (exact) mass is 223 g/mol. The molecule has 1 aromatic carbocycles. The van der Waals surface area contributed by atoms with Crippen LogP contribution in [-0.4, -0.2) is 30.2 Å². The first-order valence-electron chi connectivity index (χ1n) is 5.43. The van der Waals surface area contributed by atoms with Crippen LogP contribution in [0.4, 0.5) is 0 Å². The number of likely N-dealkylation sites (tertiary alicyclic amines) is 1. The molecule has 2 aliphatic rings. The average Bonchev–Trinajstić information content (AvgIpc) is 2.96. The number of ether oxygens (including phenoxy) is 1. The number of fused-ring (bicyclic) bond motifs is 1. The van der Waals surface area contributed by atoms with Crippen LogP contribution in [-0.2, 0) is 11.3 Å². The molecule has 0 unspecified atom stereocenters. The Hall–Kier alpha value is -0.570. The van der Waals surface area contributed by atoms with Gasteiger partial charge in [0.1, 0.15) is 0 Å². The summed E-state index contributed by atoms with van der Waals surface area (Å²) in [4.78, 5) is 2.44. The Morgan fingerprint density at radius 3 is 3.13 bits per heavy atom. The molecular weight excluding hydrogens is 210 g/mol. The molecule has 80 valence electrons. The fourth-order valence-electron chi connectivity index (χ4n) is 2.29. The van der Waals surface area contributed by atoms with Crippen LogP contribution in [0.3, 0.4) is 0 Å². The van der Waals surface area contributed by atoms with Crippen LogP contribution in [0.1, 0.15) is 12.0 Å². The molecule has 0 spiro atoms. The number of epoxide rings is 1. The fourth-order valence-corrected chi connectivity index (χ4v) is 2.50. The Kier molecular flexibility index (Phi) is 2.43. The molecule has 3 heteroatoms. The molecule has 2 fully saturated rings. The quantitative estimate of drug-likeness (QED) is 0.716. The molecule has 0 aromatic heterocycles. The lowest BCUT2D eigenvalue weighted by Gasteiger charge is -2.24. The number of halogens is 1. The minimum absolute atomic E-state index is 0.512. The highest BCUT2D eigenvalue weighted by Crippen LogP contribution is 2.31. The van der Waals surface area contributed by atoms with Crippen molar-refractivity contribution in [3.05, 3.63) is 34.9 Å². The van der Waals surface area contributed by atoms with Crippen molar-refractivity contribution in [2.24, 2.45) is 0 Å². The third-order valence-electron chi connectivity index (χ3n) is 3.15. The summed E-state index contributed by atoms with van der Waals surface area (Å²) >= 11 is 5.96. The smallest absolute Gasteiger partial charge is 0.0969 e. The minimum Gasteiger partial charge on any atom is -0.368 e. The van der Waals surface area contributed by atoms with Gasteiger partial charge in [0.2, 0.25) is 0 Å². The maximum atomic E-state index is 5.96. The summed E-state index contributed by atoms with van der Waals surface area (Å²) < 4.78 is 5.50. The van der Waals surface area contributed by atoms with Gasteiger partial charge in [-0.1, -0.05) is 23.7 Å². The highest BCUT2D eigenvalue weighted by Gasteiger charge is 2.42. The van der Waals surface area contributed by atoms with Crippen LogP contribution in [0.2, 0.25) is 5.02 Å². The highest BCUT2D eigenvalue weighted by molar-refractivity contribution is 6.30. The van der Waals surface area contributed by atoms with Gasteiger partial charge in [0, 0.05) is 24.7 Å². The Morgan fingerprint density at radius 1 is 1.40 bits per heavy atom. The van der Waals surface area contributed by atoms with E-state index in [1.54, 1.807) is 0 Å². The summed E-state index contributed by atoms with van der Waals surface area (Å²) in [6, 6.07) is 8.10. The van der Waals surface area contributed by atoms with E-state index in [9.17, 15) is 0 Å². The van der Waals surface area contributed by atoms with Gasteiger partial charge in [0.25, 0.3) is 0 Å². The van der Waals surface area contributed by atoms with E-state index in [0.717, 1.165) is 24.7 Å². The molecular formula is C12H14ClNO. The van der Waals surface area contributed by atoms with Gasteiger partial charge in [0.15, 0.2) is 0 Å². The van der Waals surface area contributed by atoms with Gasteiger partial charge < -0.3 is 4.74 Å². The zero-order chi connectivity index (χ0) is 10.3. The molecule has 0 N–H and O–H groups in total. The van der Waals surface area contributed by atoms with Crippen LogP contribution in [0.15, 0.2) is 24.3 Å². The second kappa shape index (κ2) is 3.78. The Bertz CT molecular complexity index is 368. The number of benzene rings is 1. The molecule has 15 heavy (non-hydrogen) atoms. The zero-order valence-corrected chi connectivity index (χ0v) is 9.28. The van der Waals surface area contributed by atoms with E-state index in [-0.39, 0.29) is 0 Å². The van der Waals surface area contributed by atoms with Gasteiger partial charge in [-0.2, -0.15) is 0 Å². The summed E-state index contributed by atoms with van der Waals surface area (Å²) in [5.41, 5.74) is 1.29. The molecule has 0 aliphatic carbocycles. The van der Waals surface area contributed by atoms with E-state index in [1.807, 2.05) is 18.2 Å². The Balaban J connectivity index is 1.64. The van der Waals surface area contributed by atoms with Crippen molar-refractivity contribution in [2.75, 3.05) is 13.1 Å². The van der Waals surface area contributed by atoms with Gasteiger partial charge in [0.05, 0.1) is 12.2 Å². The number of rotatable bonds is 2. The van der Waals surface area contributed by atoms with Crippen molar-refractivity contribution < 1.29 is 4.74 Å². The van der Waals surface area contributed by atoms with E-state index >= 15 is 0 Å². The maximum Gasteiger partial charge on any atom is 0.0969 e. The molecule has 2 nitrogen and oxygen atoms in total. The summed E-state index contributed by atoms with van der Waals surface area (Å²) in [5.74, 6) is 0. The first-order valence-corrected chi connectivity index (χ1v) is 5.81. The van der Waals surface area contributed by atoms with Gasteiger partial charge in [-0.25, -0.2) is 0 Å². The van der Waals surface area contributed by atoms with Gasteiger partial charge in [-0.3, -0.25) is 4.90 Å². The van der Waals surface area contributed by atoms with Gasteiger partial charge >= 0.3 is 0 Å². The summed E-state index contributed by atoms with van der Waals surface area (Å²) in [6.07, 6.45) is 2.27. The van der Waals surface area contributed by atoms with Crippen LogP contribution in [0.5, 0.6) is 0 Å². The van der Waals surface area contributed by atoms with Crippen molar-refractivity contribution in [3.63, 3.8) is 0 Å². The van der Waals surface area contributed by atoms with Crippen molar-refractivity contribution in [3.8, 4) is 0 Å². The molecule has 3 rings (SSSR count). The standard InChI is InChI=1S/C12H14ClNO/c13-10-3-1-2-9(6-10)7-14-5-4-11-12(8-14)15-11/h1-3,6,11-12H,4-5,7-8H2/t11-,12+/m1/s1. The van der Waals surface area contributed by atoms with Crippen molar-refractivity contribution in [1.82, 2.24) is 4.90 Å². The number of hydrogen-bond acceptors (Lipinski definition) is 2. The van der Waals surface area contributed by atoms with Gasteiger partial charge in [-0.15, -0.1) is 0 Å².